The summed E-state index contributed by atoms with van der Waals surface area (Å²) in [6.07, 6.45) is 6.43. The molecule has 3 aliphatic rings. The topological polar surface area (TPSA) is 70.2 Å². The predicted molar refractivity (Wildman–Crippen MR) is 104 cm³/mol. The van der Waals surface area contributed by atoms with Crippen LogP contribution in [0.25, 0.3) is 0 Å². The van der Waals surface area contributed by atoms with E-state index >= 15 is 0 Å². The number of nitrogens with one attached hydrogen (secondary N) is 3. The van der Waals surface area contributed by atoms with Crippen LogP contribution < -0.4 is 16.0 Å². The molecule has 0 aromatic heterocycles. The van der Waals surface area contributed by atoms with Gasteiger partial charge in [0.25, 0.3) is 0 Å². The molecule has 0 bridgehead atoms. The molecule has 1 spiro atoms. The molecule has 2 saturated carbocycles. The zero-order valence-corrected chi connectivity index (χ0v) is 15.9. The summed E-state index contributed by atoms with van der Waals surface area (Å²) in [5.41, 5.74) is 2.12. The second-order valence-electron chi connectivity index (χ2n) is 7.90. The maximum atomic E-state index is 12.4. The Morgan fingerprint density at radius 1 is 1.15 bits per heavy atom. The van der Waals surface area contributed by atoms with Crippen LogP contribution in [0.5, 0.6) is 0 Å². The van der Waals surface area contributed by atoms with Crippen molar-refractivity contribution < 1.29 is 9.59 Å². The fraction of sp³-hybridized carbons (Fsp3) is 0.600. The predicted octanol–water partition coefficient (Wildman–Crippen LogP) is 2.85. The van der Waals surface area contributed by atoms with Gasteiger partial charge in [-0.05, 0) is 68.3 Å². The van der Waals surface area contributed by atoms with Crippen LogP contribution in [-0.4, -0.2) is 24.9 Å². The summed E-state index contributed by atoms with van der Waals surface area (Å²) < 4.78 is 0. The van der Waals surface area contributed by atoms with Crippen LogP contribution in [0.4, 0.5) is 5.69 Å². The average Bonchev–Trinajstić information content (AvgIpc) is 3.25. The molecule has 1 saturated heterocycles. The second kappa shape index (κ2) is 7.97. The third-order valence-electron chi connectivity index (χ3n) is 6.24. The highest BCUT2D eigenvalue weighted by Crippen LogP contribution is 2.58. The van der Waals surface area contributed by atoms with Gasteiger partial charge in [-0.15, -0.1) is 12.4 Å². The molecule has 1 atom stereocenters. The first-order valence-corrected chi connectivity index (χ1v) is 9.55. The smallest absolute Gasteiger partial charge is 0.227 e. The molecule has 0 radical (unpaired) electrons. The number of hydrogen-bond acceptors (Lipinski definition) is 3. The molecule has 3 fully saturated rings. The number of halogens is 1. The standard InChI is InChI=1S/C20H27N3O2.ClH/c24-18(15-4-2-5-15)23-16-6-1-3-14(11-16)13-22-19(25)17-12-20(17)7-9-21-10-8-20;/h1,3,6,11,15,17,21H,2,4-5,7-10,12-13H2,(H,22,25)(H,23,24);1H. The van der Waals surface area contributed by atoms with Gasteiger partial charge in [0.15, 0.2) is 0 Å². The molecule has 1 unspecified atom stereocenters. The van der Waals surface area contributed by atoms with Crippen molar-refractivity contribution in [3.8, 4) is 0 Å². The van der Waals surface area contributed by atoms with Gasteiger partial charge < -0.3 is 16.0 Å². The minimum absolute atomic E-state index is 0. The molecule has 5 nitrogen and oxygen atoms in total. The van der Waals surface area contributed by atoms with E-state index < -0.39 is 0 Å². The van der Waals surface area contributed by atoms with Gasteiger partial charge in [-0.3, -0.25) is 9.59 Å². The van der Waals surface area contributed by atoms with E-state index in [9.17, 15) is 9.59 Å². The Morgan fingerprint density at radius 2 is 1.92 bits per heavy atom. The zero-order valence-electron chi connectivity index (χ0n) is 15.1. The number of hydrogen-bond donors (Lipinski definition) is 3. The largest absolute Gasteiger partial charge is 0.352 e. The van der Waals surface area contributed by atoms with Crippen molar-refractivity contribution in [2.75, 3.05) is 18.4 Å². The SMILES string of the molecule is Cl.O=C(Nc1cccc(CNC(=O)C2CC23CCNCC3)c1)C1CCC1. The minimum atomic E-state index is 0. The van der Waals surface area contributed by atoms with Gasteiger partial charge in [0.1, 0.15) is 0 Å². The van der Waals surface area contributed by atoms with Crippen molar-refractivity contribution >= 4 is 29.9 Å². The maximum absolute atomic E-state index is 12.4. The molecule has 26 heavy (non-hydrogen) atoms. The molecular weight excluding hydrogens is 350 g/mol. The van der Waals surface area contributed by atoms with Gasteiger partial charge in [0.05, 0.1) is 0 Å². The molecule has 1 aromatic carbocycles. The van der Waals surface area contributed by atoms with E-state index in [-0.39, 0.29) is 41.5 Å². The normalized spacial score (nSPS) is 23.5. The zero-order chi connectivity index (χ0) is 17.3. The molecule has 1 heterocycles. The fourth-order valence-electron chi connectivity index (χ4n) is 4.18. The van der Waals surface area contributed by atoms with Gasteiger partial charge in [-0.1, -0.05) is 18.6 Å². The van der Waals surface area contributed by atoms with E-state index in [1.807, 2.05) is 24.3 Å². The number of carbonyl (C=O) groups is 2. The van der Waals surface area contributed by atoms with Crippen LogP contribution in [0, 0.1) is 17.3 Å². The Hall–Kier alpha value is -1.59. The molecular formula is C20H28ClN3O2. The van der Waals surface area contributed by atoms with E-state index in [1.54, 1.807) is 0 Å². The van der Waals surface area contributed by atoms with Crippen molar-refractivity contribution in [2.24, 2.45) is 17.3 Å². The van der Waals surface area contributed by atoms with Crippen molar-refractivity contribution in [1.29, 1.82) is 0 Å². The van der Waals surface area contributed by atoms with E-state index in [1.165, 1.54) is 0 Å². The van der Waals surface area contributed by atoms with Crippen molar-refractivity contribution in [3.63, 3.8) is 0 Å². The number of carbonyl (C=O) groups excluding carboxylic acids is 2. The second-order valence-corrected chi connectivity index (χ2v) is 7.90. The monoisotopic (exact) mass is 377 g/mol. The molecule has 2 aliphatic carbocycles. The summed E-state index contributed by atoms with van der Waals surface area (Å²) in [6.45, 7) is 2.59. The number of rotatable bonds is 5. The summed E-state index contributed by atoms with van der Waals surface area (Å²) >= 11 is 0. The summed E-state index contributed by atoms with van der Waals surface area (Å²) in [5.74, 6) is 0.680. The van der Waals surface area contributed by atoms with Crippen LogP contribution in [0.3, 0.4) is 0 Å². The molecule has 1 aromatic rings. The highest BCUT2D eigenvalue weighted by atomic mass is 35.5. The average molecular weight is 378 g/mol. The highest BCUT2D eigenvalue weighted by Gasteiger charge is 2.57. The number of benzene rings is 1. The van der Waals surface area contributed by atoms with Crippen LogP contribution >= 0.6 is 12.4 Å². The Morgan fingerprint density at radius 3 is 2.62 bits per heavy atom. The van der Waals surface area contributed by atoms with Crippen molar-refractivity contribution in [1.82, 2.24) is 10.6 Å². The van der Waals surface area contributed by atoms with Gasteiger partial charge in [0, 0.05) is 24.1 Å². The van der Waals surface area contributed by atoms with Gasteiger partial charge in [0.2, 0.25) is 11.8 Å². The Kier molecular flexibility index (Phi) is 5.88. The fourth-order valence-corrected chi connectivity index (χ4v) is 4.18. The van der Waals surface area contributed by atoms with E-state index in [4.69, 9.17) is 0 Å². The third-order valence-corrected chi connectivity index (χ3v) is 6.24. The van der Waals surface area contributed by atoms with Crippen LogP contribution in [-0.2, 0) is 16.1 Å². The van der Waals surface area contributed by atoms with E-state index in [0.717, 1.165) is 62.9 Å². The first-order valence-electron chi connectivity index (χ1n) is 9.55. The molecule has 6 heteroatoms. The van der Waals surface area contributed by atoms with Crippen LogP contribution in [0.2, 0.25) is 0 Å². The van der Waals surface area contributed by atoms with E-state index in [0.29, 0.717) is 6.54 Å². The van der Waals surface area contributed by atoms with Gasteiger partial charge in [-0.25, -0.2) is 0 Å². The maximum Gasteiger partial charge on any atom is 0.227 e. The van der Waals surface area contributed by atoms with E-state index in [2.05, 4.69) is 16.0 Å². The lowest BCUT2D eigenvalue weighted by Gasteiger charge is -2.24. The number of piperidine rings is 1. The number of amides is 2. The number of anilines is 1. The Balaban J connectivity index is 0.00000196. The summed E-state index contributed by atoms with van der Waals surface area (Å²) in [7, 11) is 0. The molecule has 3 N–H and O–H groups in total. The molecule has 4 rings (SSSR count). The first-order chi connectivity index (χ1) is 12.2. The Bertz CT molecular complexity index is 669. The summed E-state index contributed by atoms with van der Waals surface area (Å²) in [4.78, 5) is 24.5. The lowest BCUT2D eigenvalue weighted by molar-refractivity contribution is -0.123. The molecule has 1 aliphatic heterocycles. The van der Waals surface area contributed by atoms with Crippen LogP contribution in [0.15, 0.2) is 24.3 Å². The van der Waals surface area contributed by atoms with Gasteiger partial charge in [-0.2, -0.15) is 0 Å². The molecule has 142 valence electrons. The summed E-state index contributed by atoms with van der Waals surface area (Å²) in [6, 6.07) is 7.80. The quantitative estimate of drug-likeness (QED) is 0.739. The molecule has 2 amide bonds. The van der Waals surface area contributed by atoms with Crippen molar-refractivity contribution in [2.45, 2.75) is 45.1 Å². The third kappa shape index (κ3) is 4.04. The highest BCUT2D eigenvalue weighted by molar-refractivity contribution is 5.93. The summed E-state index contributed by atoms with van der Waals surface area (Å²) in [5, 5.41) is 9.45. The van der Waals surface area contributed by atoms with Crippen molar-refractivity contribution in [3.05, 3.63) is 29.8 Å². The minimum Gasteiger partial charge on any atom is -0.352 e. The lowest BCUT2D eigenvalue weighted by Crippen LogP contribution is -2.33. The van der Waals surface area contributed by atoms with Crippen LogP contribution in [0.1, 0.15) is 44.1 Å². The van der Waals surface area contributed by atoms with Gasteiger partial charge >= 0.3 is 0 Å². The lowest BCUT2D eigenvalue weighted by atomic mass is 9.85. The first kappa shape index (κ1) is 19.2. The Labute approximate surface area is 161 Å².